The van der Waals surface area contributed by atoms with E-state index < -0.39 is 27.9 Å². The van der Waals surface area contributed by atoms with Gasteiger partial charge < -0.3 is 19.2 Å². The number of pyridine rings is 1. The first-order valence-corrected chi connectivity index (χ1v) is 17.0. The second kappa shape index (κ2) is 14.8. The summed E-state index contributed by atoms with van der Waals surface area (Å²) < 4.78 is 37.1. The zero-order valence-electron chi connectivity index (χ0n) is 27.6. The van der Waals surface area contributed by atoms with Gasteiger partial charge in [-0.15, -0.1) is 5.06 Å². The molecule has 1 saturated heterocycles. The van der Waals surface area contributed by atoms with Crippen LogP contribution < -0.4 is 43.9 Å². The fraction of sp³-hybridized carbons (Fsp3) is 0.424. The summed E-state index contributed by atoms with van der Waals surface area (Å²) in [4.78, 5) is 49.2. The Morgan fingerprint density at radius 3 is 2.38 bits per heavy atom. The number of carbonyl (C=O) groups excluding carboxylic acids is 3. The summed E-state index contributed by atoms with van der Waals surface area (Å²) in [6.45, 7) is 10.2. The van der Waals surface area contributed by atoms with E-state index in [1.54, 1.807) is 6.07 Å². The zero-order chi connectivity index (χ0) is 33.2. The van der Waals surface area contributed by atoms with Crippen molar-refractivity contribution in [3.8, 4) is 0 Å². The average Bonchev–Trinajstić information content (AvgIpc) is 3.59. The molecule has 3 aliphatic rings. The third kappa shape index (κ3) is 7.54. The second-order valence-electron chi connectivity index (χ2n) is 11.9. The van der Waals surface area contributed by atoms with Crippen molar-refractivity contribution in [1.82, 2.24) is 5.06 Å². The molecule has 2 aromatic rings. The number of aromatic nitrogens is 1. The molecule has 14 heteroatoms. The molecule has 0 N–H and O–H groups in total. The van der Waals surface area contributed by atoms with E-state index in [1.165, 1.54) is 12.1 Å². The van der Waals surface area contributed by atoms with Crippen molar-refractivity contribution in [2.24, 2.45) is 4.99 Å². The maximum absolute atomic E-state index is 12.1. The summed E-state index contributed by atoms with van der Waals surface area (Å²) in [6.07, 6.45) is 10.3. The average molecular weight is 673 g/mol. The number of benzene rings is 1. The number of imide groups is 1. The number of rotatable bonds is 12. The quantitative estimate of drug-likeness (QED) is 0.107. The molecule has 12 nitrogen and oxygen atoms in total. The summed E-state index contributed by atoms with van der Waals surface area (Å²) >= 11 is 0. The van der Waals surface area contributed by atoms with E-state index in [-0.39, 0.29) is 59.1 Å². The molecule has 47 heavy (non-hydrogen) atoms. The summed E-state index contributed by atoms with van der Waals surface area (Å²) in [6, 6.07) is 8.57. The molecule has 0 radical (unpaired) electrons. The molecule has 244 valence electrons. The normalized spacial score (nSPS) is 17.8. The fourth-order valence-electron chi connectivity index (χ4n) is 6.07. The van der Waals surface area contributed by atoms with Gasteiger partial charge in [0.2, 0.25) is 0 Å². The topological polar surface area (TPSA) is 144 Å². The number of hydrogen-bond donors (Lipinski definition) is 0. The number of carbonyl (C=O) groups is 3. The summed E-state index contributed by atoms with van der Waals surface area (Å²) in [5.41, 5.74) is 3.19. The third-order valence-corrected chi connectivity index (χ3v) is 9.39. The molecule has 4 heterocycles. The third-order valence-electron chi connectivity index (χ3n) is 8.56. The van der Waals surface area contributed by atoms with Crippen LogP contribution in [-0.2, 0) is 41.3 Å². The number of nitrogens with zero attached hydrogens (tertiary/aromatic N) is 5. The predicted octanol–water partition coefficient (Wildman–Crippen LogP) is 1.18. The van der Waals surface area contributed by atoms with Gasteiger partial charge in [0.25, 0.3) is 11.8 Å². The van der Waals surface area contributed by atoms with E-state index in [4.69, 9.17) is 9.83 Å². The van der Waals surface area contributed by atoms with Gasteiger partial charge in [-0.3, -0.25) is 9.59 Å². The minimum atomic E-state index is -4.58. The minimum absolute atomic E-state index is 0. The smallest absolute Gasteiger partial charge is 0.744 e. The van der Waals surface area contributed by atoms with E-state index in [2.05, 4.69) is 29.4 Å². The molecule has 0 aliphatic carbocycles. The van der Waals surface area contributed by atoms with Crippen molar-refractivity contribution in [1.29, 1.82) is 0 Å². The molecule has 0 unspecified atom stereocenters. The summed E-state index contributed by atoms with van der Waals surface area (Å²) in [5, 5.41) is 0.583. The number of fused-ring (bicyclic) bond motifs is 2. The Morgan fingerprint density at radius 2 is 1.72 bits per heavy atom. The van der Waals surface area contributed by atoms with E-state index in [0.717, 1.165) is 41.4 Å². The summed E-state index contributed by atoms with van der Waals surface area (Å²) in [5.74, 6) is 0.220. The Bertz CT molecular complexity index is 1750. The maximum Gasteiger partial charge on any atom is 1.00 e. The van der Waals surface area contributed by atoms with Gasteiger partial charge >= 0.3 is 41.3 Å². The molecule has 0 bridgehead atoms. The molecule has 5 rings (SSSR count). The standard InChI is InChI=1S/C33H39N5O7S.Na/c1-5-36-25-17-16-23(46(42,43)44)22-26(25)37(6-2)28(36)14-10-13-27-33(3,4)24-12-11-21-35(32(24)34-27)20-9-7-8-15-31(41)45-38-29(39)18-19-30(38)40;/h10-14,16-17,21-22H,5-9,15,18-20H2,1-4H3;/q;+1. The number of unbranched alkanes of at least 4 members (excludes halogenated alkanes) is 2. The van der Waals surface area contributed by atoms with Crippen LogP contribution in [0.1, 0.15) is 71.8 Å². The fourth-order valence-corrected chi connectivity index (χ4v) is 6.56. The van der Waals surface area contributed by atoms with Crippen LogP contribution >= 0.6 is 0 Å². The molecule has 0 atom stereocenters. The van der Waals surface area contributed by atoms with E-state index in [1.807, 2.05) is 49.2 Å². The molecular weight excluding hydrogens is 633 g/mol. The number of amides is 2. The molecule has 1 fully saturated rings. The molecule has 3 aliphatic heterocycles. The van der Waals surface area contributed by atoms with Crippen LogP contribution in [0, 0.1) is 0 Å². The van der Waals surface area contributed by atoms with Gasteiger partial charge in [0.05, 0.1) is 40.0 Å². The molecular formula is C33H39N5NaO7S+. The number of hydrogen-bond acceptors (Lipinski definition) is 10. The molecule has 1 aromatic carbocycles. The van der Waals surface area contributed by atoms with Gasteiger partial charge in [-0.25, -0.2) is 17.8 Å². The van der Waals surface area contributed by atoms with Gasteiger partial charge in [0, 0.05) is 32.4 Å². The second-order valence-corrected chi connectivity index (χ2v) is 13.3. The first-order chi connectivity index (χ1) is 21.9. The number of aryl methyl sites for hydroxylation is 1. The number of hydroxylamine groups is 2. The molecule has 0 spiro atoms. The monoisotopic (exact) mass is 672 g/mol. The van der Waals surface area contributed by atoms with Gasteiger partial charge in [0.1, 0.15) is 15.9 Å². The summed E-state index contributed by atoms with van der Waals surface area (Å²) in [7, 11) is -4.58. The molecule has 0 saturated carbocycles. The Balaban J connectivity index is 0.00000500. The van der Waals surface area contributed by atoms with Gasteiger partial charge in [0.15, 0.2) is 5.71 Å². The Hall–Kier alpha value is -3.36. The molecule has 1 aromatic heterocycles. The Kier molecular flexibility index (Phi) is 11.5. The number of anilines is 2. The molecule has 2 amide bonds. The van der Waals surface area contributed by atoms with Crippen LogP contribution in [0.4, 0.5) is 17.2 Å². The largest absolute Gasteiger partial charge is 1.00 e. The van der Waals surface area contributed by atoms with Crippen molar-refractivity contribution >= 4 is 50.8 Å². The van der Waals surface area contributed by atoms with Crippen LogP contribution in [0.5, 0.6) is 0 Å². The minimum Gasteiger partial charge on any atom is -0.744 e. The van der Waals surface area contributed by atoms with E-state index >= 15 is 0 Å². The SMILES string of the molecule is CCN1/C(=C\C=C\C2=Nc3c(ccc[n+]3CCCCCC(=O)ON3C(=O)CCC3=O)C2(C)C)N(CC)c2cc(S(=O)(=O)[O-])ccc21.[Na+]. The van der Waals surface area contributed by atoms with E-state index in [9.17, 15) is 27.4 Å². The van der Waals surface area contributed by atoms with Crippen molar-refractivity contribution in [3.05, 3.63) is 66.1 Å². The zero-order valence-corrected chi connectivity index (χ0v) is 30.4. The first kappa shape index (κ1) is 36.5. The number of aliphatic imine (C=N–C) groups is 1. The van der Waals surface area contributed by atoms with Crippen LogP contribution in [0.15, 0.2) is 70.5 Å². The van der Waals surface area contributed by atoms with Crippen molar-refractivity contribution in [2.45, 2.75) is 83.1 Å². The maximum atomic E-state index is 12.1. The first-order valence-electron chi connectivity index (χ1n) is 15.6. The van der Waals surface area contributed by atoms with Crippen molar-refractivity contribution < 1.29 is 66.3 Å². The van der Waals surface area contributed by atoms with Crippen LogP contribution in [0.3, 0.4) is 0 Å². The number of allylic oxidation sites excluding steroid dienone is 3. The van der Waals surface area contributed by atoms with E-state index in [0.29, 0.717) is 36.8 Å². The van der Waals surface area contributed by atoms with Crippen molar-refractivity contribution in [2.75, 3.05) is 22.9 Å². The van der Waals surface area contributed by atoms with Gasteiger partial charge in [-0.1, -0.05) is 6.08 Å². The van der Waals surface area contributed by atoms with Crippen LogP contribution in [-0.4, -0.2) is 54.6 Å². The Labute approximate surface area is 297 Å². The van der Waals surface area contributed by atoms with Gasteiger partial charge in [-0.2, -0.15) is 0 Å². The Morgan fingerprint density at radius 1 is 1.04 bits per heavy atom. The van der Waals surface area contributed by atoms with Crippen molar-refractivity contribution in [3.63, 3.8) is 0 Å². The predicted molar refractivity (Wildman–Crippen MR) is 170 cm³/mol. The van der Waals surface area contributed by atoms with Gasteiger partial charge in [-0.05, 0) is 94.4 Å². The van der Waals surface area contributed by atoms with Crippen LogP contribution in [0.25, 0.3) is 0 Å². The van der Waals surface area contributed by atoms with Crippen LogP contribution in [0.2, 0.25) is 0 Å².